The molecular formula is C26H29ClF3N5O. The Bertz CT molecular complexity index is 1250. The highest BCUT2D eigenvalue weighted by Crippen LogP contribution is 2.38. The van der Waals surface area contributed by atoms with Crippen LogP contribution in [-0.4, -0.2) is 59.1 Å². The number of halogens is 4. The molecule has 2 atom stereocenters. The van der Waals surface area contributed by atoms with Crippen LogP contribution in [0.4, 0.5) is 18.9 Å². The molecule has 2 aliphatic rings. The van der Waals surface area contributed by atoms with E-state index in [1.165, 1.54) is 12.1 Å². The number of carbonyl (C=O) groups excluding carboxylic acids is 1. The number of hydrogen-bond donors (Lipinski definition) is 1. The first-order chi connectivity index (χ1) is 17.2. The number of nitrogens with zero attached hydrogens (tertiary/aromatic N) is 4. The Balaban J connectivity index is 1.36. The number of rotatable bonds is 4. The molecule has 1 aromatic heterocycles. The summed E-state index contributed by atoms with van der Waals surface area (Å²) < 4.78 is 43.0. The van der Waals surface area contributed by atoms with Crippen molar-refractivity contribution < 1.29 is 18.0 Å². The molecule has 6 nitrogen and oxygen atoms in total. The van der Waals surface area contributed by atoms with E-state index in [0.717, 1.165) is 43.1 Å². The zero-order valence-corrected chi connectivity index (χ0v) is 20.8. The van der Waals surface area contributed by atoms with Gasteiger partial charge < -0.3 is 19.7 Å². The molecule has 2 unspecified atom stereocenters. The van der Waals surface area contributed by atoms with Crippen molar-refractivity contribution in [2.45, 2.75) is 44.4 Å². The molecule has 2 fully saturated rings. The Kier molecular flexibility index (Phi) is 6.87. The number of amides is 1. The first kappa shape index (κ1) is 24.9. The summed E-state index contributed by atoms with van der Waals surface area (Å²) >= 11 is 5.88. The second-order valence-electron chi connectivity index (χ2n) is 9.54. The van der Waals surface area contributed by atoms with Gasteiger partial charge in [0, 0.05) is 36.9 Å². The van der Waals surface area contributed by atoms with Crippen molar-refractivity contribution >= 4 is 34.2 Å². The first-order valence-electron chi connectivity index (χ1n) is 12.3. The zero-order chi connectivity index (χ0) is 25.4. The molecular weight excluding hydrogens is 491 g/mol. The third-order valence-corrected chi connectivity index (χ3v) is 7.55. The lowest BCUT2D eigenvalue weighted by molar-refractivity contribution is -0.138. The second-order valence-corrected chi connectivity index (χ2v) is 9.98. The lowest BCUT2D eigenvalue weighted by Gasteiger charge is -2.38. The molecule has 0 radical (unpaired) electrons. The number of aromatic nitrogens is 2. The van der Waals surface area contributed by atoms with Crippen LogP contribution >= 0.6 is 11.6 Å². The van der Waals surface area contributed by atoms with Gasteiger partial charge in [-0.3, -0.25) is 4.79 Å². The van der Waals surface area contributed by atoms with Crippen LogP contribution in [0.25, 0.3) is 11.0 Å². The summed E-state index contributed by atoms with van der Waals surface area (Å²) in [5, 5.41) is 3.38. The molecule has 0 aliphatic carbocycles. The summed E-state index contributed by atoms with van der Waals surface area (Å²) in [4.78, 5) is 21.4. The van der Waals surface area contributed by atoms with Crippen LogP contribution in [0.3, 0.4) is 0 Å². The normalized spacial score (nSPS) is 20.1. The van der Waals surface area contributed by atoms with Crippen molar-refractivity contribution in [3.05, 3.63) is 58.9 Å². The highest BCUT2D eigenvalue weighted by molar-refractivity contribution is 6.30. The Hall–Kier alpha value is -2.78. The number of imidazole rings is 1. The van der Waals surface area contributed by atoms with Crippen molar-refractivity contribution in [1.82, 2.24) is 19.8 Å². The van der Waals surface area contributed by atoms with Gasteiger partial charge in [-0.25, -0.2) is 4.98 Å². The summed E-state index contributed by atoms with van der Waals surface area (Å²) in [5.41, 5.74) is 1.83. The zero-order valence-electron chi connectivity index (χ0n) is 20.1. The number of piperidine rings is 1. The van der Waals surface area contributed by atoms with Crippen LogP contribution in [0.15, 0.2) is 42.7 Å². The van der Waals surface area contributed by atoms with Crippen molar-refractivity contribution in [2.75, 3.05) is 37.6 Å². The smallest absolute Gasteiger partial charge is 0.368 e. The number of benzene rings is 2. The van der Waals surface area contributed by atoms with Crippen LogP contribution < -0.4 is 10.2 Å². The van der Waals surface area contributed by atoms with Gasteiger partial charge in [0.25, 0.3) is 0 Å². The number of carbonyl (C=O) groups is 1. The molecule has 2 aromatic carbocycles. The summed E-state index contributed by atoms with van der Waals surface area (Å²) in [6.45, 7) is 5.31. The van der Waals surface area contributed by atoms with Gasteiger partial charge in [-0.05, 0) is 62.2 Å². The number of piperazine rings is 1. The molecule has 10 heteroatoms. The van der Waals surface area contributed by atoms with Gasteiger partial charge in [-0.1, -0.05) is 24.1 Å². The summed E-state index contributed by atoms with van der Waals surface area (Å²) in [5.74, 6) is 0.181. The molecule has 1 amide bonds. The van der Waals surface area contributed by atoms with Crippen LogP contribution in [0.5, 0.6) is 0 Å². The van der Waals surface area contributed by atoms with E-state index in [1.807, 2.05) is 23.1 Å². The molecule has 3 heterocycles. The predicted octanol–water partition coefficient (Wildman–Crippen LogP) is 5.11. The largest absolute Gasteiger partial charge is 0.416 e. The quantitative estimate of drug-likeness (QED) is 0.520. The summed E-state index contributed by atoms with van der Waals surface area (Å²) in [6.07, 6.45) is 0.157. The van der Waals surface area contributed by atoms with Crippen molar-refractivity contribution in [3.63, 3.8) is 0 Å². The van der Waals surface area contributed by atoms with Crippen LogP contribution in [0.1, 0.15) is 43.4 Å². The minimum atomic E-state index is -4.51. The Morgan fingerprint density at radius 2 is 1.89 bits per heavy atom. The average Bonchev–Trinajstić information content (AvgIpc) is 3.31. The molecule has 0 spiro atoms. The maximum absolute atomic E-state index is 13.7. The highest BCUT2D eigenvalue weighted by Gasteiger charge is 2.35. The van der Waals surface area contributed by atoms with Gasteiger partial charge in [0.05, 0.1) is 35.0 Å². The third kappa shape index (κ3) is 4.91. The Morgan fingerprint density at radius 3 is 2.58 bits per heavy atom. The van der Waals surface area contributed by atoms with Crippen molar-refractivity contribution in [3.8, 4) is 0 Å². The van der Waals surface area contributed by atoms with Crippen molar-refractivity contribution in [2.24, 2.45) is 0 Å². The van der Waals surface area contributed by atoms with E-state index in [0.29, 0.717) is 31.7 Å². The maximum atomic E-state index is 13.7. The van der Waals surface area contributed by atoms with Crippen LogP contribution in [0.2, 0.25) is 5.02 Å². The van der Waals surface area contributed by atoms with Gasteiger partial charge >= 0.3 is 6.18 Å². The standard InChI is InChI=1S/C26H29ClF3N5O/c1-17(20-7-5-18(27)14-21(20)26(28,29)30)35-16-32-22-8-6-19(15-24(22)35)33-10-12-34(13-11-33)25(36)23-4-2-3-9-31-23/h5-8,14-17,23,31H,2-4,9-13H2,1H3. The summed E-state index contributed by atoms with van der Waals surface area (Å²) in [6, 6.07) is 9.06. The fraction of sp³-hybridized carbons (Fsp3) is 0.462. The van der Waals surface area contributed by atoms with Crippen LogP contribution in [-0.2, 0) is 11.0 Å². The molecule has 5 rings (SSSR count). The van der Waals surface area contributed by atoms with Gasteiger partial charge in [0.2, 0.25) is 5.91 Å². The van der Waals surface area contributed by atoms with Gasteiger partial charge in [0.15, 0.2) is 0 Å². The van der Waals surface area contributed by atoms with Gasteiger partial charge in [-0.15, -0.1) is 0 Å². The summed E-state index contributed by atoms with van der Waals surface area (Å²) in [7, 11) is 0. The van der Waals surface area contributed by atoms with E-state index in [9.17, 15) is 18.0 Å². The van der Waals surface area contributed by atoms with Crippen molar-refractivity contribution in [1.29, 1.82) is 0 Å². The third-order valence-electron chi connectivity index (χ3n) is 7.31. The minimum absolute atomic E-state index is 0.0490. The molecule has 1 N–H and O–H groups in total. The van der Waals surface area contributed by atoms with E-state index in [2.05, 4.69) is 15.2 Å². The maximum Gasteiger partial charge on any atom is 0.416 e. The number of alkyl halides is 3. The molecule has 192 valence electrons. The second kappa shape index (κ2) is 9.94. The van der Waals surface area contributed by atoms with E-state index >= 15 is 0 Å². The number of fused-ring (bicyclic) bond motifs is 1. The van der Waals surface area contributed by atoms with E-state index < -0.39 is 17.8 Å². The molecule has 0 saturated carbocycles. The van der Waals surface area contributed by atoms with Gasteiger partial charge in [0.1, 0.15) is 0 Å². The van der Waals surface area contributed by atoms with Gasteiger partial charge in [-0.2, -0.15) is 13.2 Å². The van der Waals surface area contributed by atoms with E-state index in [-0.39, 0.29) is 22.5 Å². The SMILES string of the molecule is CC(c1ccc(Cl)cc1C(F)(F)F)n1cnc2ccc(N3CCN(C(=O)C4CCCCN4)CC3)cc21. The van der Waals surface area contributed by atoms with E-state index in [4.69, 9.17) is 11.6 Å². The topological polar surface area (TPSA) is 53.4 Å². The fourth-order valence-corrected chi connectivity index (χ4v) is 5.45. The molecule has 2 aliphatic heterocycles. The first-order valence-corrected chi connectivity index (χ1v) is 12.7. The number of nitrogens with one attached hydrogen (secondary N) is 1. The Labute approximate surface area is 213 Å². The monoisotopic (exact) mass is 519 g/mol. The number of hydrogen-bond acceptors (Lipinski definition) is 4. The highest BCUT2D eigenvalue weighted by atomic mass is 35.5. The molecule has 0 bridgehead atoms. The molecule has 36 heavy (non-hydrogen) atoms. The number of anilines is 1. The predicted molar refractivity (Wildman–Crippen MR) is 134 cm³/mol. The fourth-order valence-electron chi connectivity index (χ4n) is 5.28. The minimum Gasteiger partial charge on any atom is -0.368 e. The lowest BCUT2D eigenvalue weighted by atomic mass is 10.0. The average molecular weight is 520 g/mol. The molecule has 3 aromatic rings. The lowest BCUT2D eigenvalue weighted by Crippen LogP contribution is -2.55. The van der Waals surface area contributed by atoms with Crippen LogP contribution in [0, 0.1) is 0 Å². The Morgan fingerprint density at radius 1 is 1.11 bits per heavy atom. The molecule has 2 saturated heterocycles. The van der Waals surface area contributed by atoms with E-state index in [1.54, 1.807) is 17.8 Å².